The van der Waals surface area contributed by atoms with E-state index < -0.39 is 11.9 Å². The van der Waals surface area contributed by atoms with Gasteiger partial charge in [0.15, 0.2) is 0 Å². The van der Waals surface area contributed by atoms with Crippen LogP contribution in [0, 0.1) is 0 Å². The van der Waals surface area contributed by atoms with E-state index in [9.17, 15) is 9.59 Å². The fourth-order valence-corrected chi connectivity index (χ4v) is 6.41. The van der Waals surface area contributed by atoms with Gasteiger partial charge in [0.05, 0.1) is 11.0 Å². The van der Waals surface area contributed by atoms with Crippen LogP contribution in [-0.2, 0) is 22.5 Å². The number of nitrogens with zero attached hydrogens (tertiary/aromatic N) is 3. The minimum absolute atomic E-state index is 0.0360. The molecular weight excluding hydrogens is 522 g/mol. The van der Waals surface area contributed by atoms with Crippen LogP contribution in [-0.4, -0.2) is 59.1 Å². The van der Waals surface area contributed by atoms with E-state index in [-0.39, 0.29) is 18.2 Å². The Kier molecular flexibility index (Phi) is 8.94. The maximum Gasteiger partial charge on any atom is 0.248 e. The number of imidazole rings is 1. The van der Waals surface area contributed by atoms with Crippen LogP contribution in [0.3, 0.4) is 0 Å². The fourth-order valence-electron chi connectivity index (χ4n) is 5.74. The van der Waals surface area contributed by atoms with Gasteiger partial charge in [0.1, 0.15) is 5.82 Å². The molecule has 4 aromatic rings. The molecule has 1 saturated heterocycles. The van der Waals surface area contributed by atoms with Gasteiger partial charge in [-0.3, -0.25) is 9.59 Å². The van der Waals surface area contributed by atoms with Gasteiger partial charge < -0.3 is 25.7 Å². The van der Waals surface area contributed by atoms with Crippen molar-refractivity contribution in [1.82, 2.24) is 14.5 Å². The number of benzene rings is 2. The van der Waals surface area contributed by atoms with E-state index in [1.54, 1.807) is 24.5 Å². The van der Waals surface area contributed by atoms with Gasteiger partial charge in [-0.2, -0.15) is 11.3 Å². The topological polar surface area (TPSA) is 116 Å². The molecule has 0 radical (unpaired) electrons. The molecule has 1 aliphatic rings. The van der Waals surface area contributed by atoms with Gasteiger partial charge in [-0.1, -0.05) is 24.3 Å². The molecule has 5 rings (SSSR count). The van der Waals surface area contributed by atoms with Crippen molar-refractivity contribution in [2.75, 3.05) is 26.8 Å². The molecule has 2 aromatic heterocycles. The van der Waals surface area contributed by atoms with Crippen LogP contribution in [0.15, 0.2) is 59.3 Å². The number of nitrogens with two attached hydrogens (primary N) is 2. The van der Waals surface area contributed by atoms with Crippen LogP contribution in [0.1, 0.15) is 53.3 Å². The summed E-state index contributed by atoms with van der Waals surface area (Å²) >= 11 is 1.62. The van der Waals surface area contributed by atoms with E-state index in [4.69, 9.17) is 21.2 Å². The van der Waals surface area contributed by atoms with Crippen molar-refractivity contribution < 1.29 is 14.3 Å². The number of aryl methyl sites for hydroxylation is 1. The van der Waals surface area contributed by atoms with E-state index in [0.29, 0.717) is 31.7 Å². The Morgan fingerprint density at radius 2 is 2.02 bits per heavy atom. The predicted molar refractivity (Wildman–Crippen MR) is 159 cm³/mol. The Hall–Kier alpha value is -3.53. The van der Waals surface area contributed by atoms with Crippen molar-refractivity contribution in [2.45, 2.75) is 50.6 Å². The summed E-state index contributed by atoms with van der Waals surface area (Å²) < 4.78 is 7.58. The average Bonchev–Trinajstić information content (AvgIpc) is 3.62. The van der Waals surface area contributed by atoms with Crippen LogP contribution in [0.2, 0.25) is 0 Å². The largest absolute Gasteiger partial charge is 0.385 e. The molecule has 1 aliphatic heterocycles. The van der Waals surface area contributed by atoms with Gasteiger partial charge in [0, 0.05) is 57.3 Å². The number of carbonyl (C=O) groups is 2. The number of hydrogen-bond acceptors (Lipinski definition) is 6. The van der Waals surface area contributed by atoms with Crippen LogP contribution in [0.25, 0.3) is 22.2 Å². The molecule has 0 unspecified atom stereocenters. The third-order valence-corrected chi connectivity index (χ3v) is 8.38. The molecular formula is C31H37N5O3S. The molecule has 2 atom stereocenters. The van der Waals surface area contributed by atoms with Gasteiger partial charge in [0.25, 0.3) is 0 Å². The lowest BCUT2D eigenvalue weighted by Crippen LogP contribution is -2.42. The maximum absolute atomic E-state index is 13.4. The smallest absolute Gasteiger partial charge is 0.248 e. The maximum atomic E-state index is 13.4. The number of methoxy groups -OCH3 is 1. The lowest BCUT2D eigenvalue weighted by molar-refractivity contribution is -0.132. The second kappa shape index (κ2) is 12.8. The van der Waals surface area contributed by atoms with Crippen molar-refractivity contribution in [2.24, 2.45) is 11.5 Å². The number of aromatic nitrogens is 2. The summed E-state index contributed by atoms with van der Waals surface area (Å²) in [5, 5.41) is 4.08. The number of carbonyl (C=O) groups excluding carboxylic acids is 2. The van der Waals surface area contributed by atoms with Crippen molar-refractivity contribution >= 4 is 34.2 Å². The third kappa shape index (κ3) is 6.27. The number of fused-ring (bicyclic) bond motifs is 1. The molecule has 40 heavy (non-hydrogen) atoms. The molecule has 4 N–H and O–H groups in total. The summed E-state index contributed by atoms with van der Waals surface area (Å²) in [6, 6.07) is 15.4. The van der Waals surface area contributed by atoms with E-state index in [1.165, 1.54) is 0 Å². The summed E-state index contributed by atoms with van der Waals surface area (Å²) in [7, 11) is 1.72. The molecule has 210 valence electrons. The number of primary amides is 1. The molecule has 3 heterocycles. The highest BCUT2D eigenvalue weighted by Gasteiger charge is 2.29. The van der Waals surface area contributed by atoms with E-state index >= 15 is 0 Å². The molecule has 0 spiro atoms. The zero-order valence-electron chi connectivity index (χ0n) is 22.9. The zero-order chi connectivity index (χ0) is 28.1. The number of likely N-dealkylation sites (tertiary alicyclic amines) is 1. The van der Waals surface area contributed by atoms with Gasteiger partial charge >= 0.3 is 0 Å². The Bertz CT molecular complexity index is 1470. The van der Waals surface area contributed by atoms with Crippen LogP contribution < -0.4 is 11.5 Å². The van der Waals surface area contributed by atoms with Crippen molar-refractivity contribution in [1.29, 1.82) is 0 Å². The standard InChI is InChI=1S/C31H37N5O3S/c1-39-14-5-13-36-28-8-3-2-7-27(28)34-31(36)22-6-4-12-35(19-22)29(37)18-25(32)17-24-16-21(23-11-15-40-20-23)9-10-26(24)30(33)38/h2-3,7-11,15-16,20,22,25H,4-6,12-14,17-19,32H2,1H3,(H2,33,38)/t22-,25+/m1/s1. The first-order valence-electron chi connectivity index (χ1n) is 13.9. The molecule has 8 nitrogen and oxygen atoms in total. The monoisotopic (exact) mass is 559 g/mol. The zero-order valence-corrected chi connectivity index (χ0v) is 23.7. The number of para-hydroxylation sites is 2. The van der Waals surface area contributed by atoms with E-state index in [0.717, 1.165) is 59.4 Å². The van der Waals surface area contributed by atoms with Crippen molar-refractivity contribution in [3.8, 4) is 11.1 Å². The first-order valence-corrected chi connectivity index (χ1v) is 14.8. The lowest BCUT2D eigenvalue weighted by Gasteiger charge is -2.33. The normalized spacial score (nSPS) is 16.4. The highest BCUT2D eigenvalue weighted by atomic mass is 32.1. The highest BCUT2D eigenvalue weighted by Crippen LogP contribution is 2.30. The number of rotatable bonds is 11. The predicted octanol–water partition coefficient (Wildman–Crippen LogP) is 4.57. The lowest BCUT2D eigenvalue weighted by atomic mass is 9.93. The Morgan fingerprint density at radius 3 is 2.80 bits per heavy atom. The summed E-state index contributed by atoms with van der Waals surface area (Å²) in [5.41, 5.74) is 17.6. The van der Waals surface area contributed by atoms with Gasteiger partial charge in [-0.15, -0.1) is 0 Å². The SMILES string of the molecule is COCCCn1c([C@@H]2CCCN(C(=O)C[C@@H](N)Cc3cc(-c4ccsc4)ccc3C(N)=O)C2)nc2ccccc21. The van der Waals surface area contributed by atoms with Gasteiger partial charge in [-0.05, 0) is 77.4 Å². The summed E-state index contributed by atoms with van der Waals surface area (Å²) in [6.07, 6.45) is 3.41. The molecule has 2 amide bonds. The molecule has 1 fully saturated rings. The van der Waals surface area contributed by atoms with Gasteiger partial charge in [-0.25, -0.2) is 4.98 Å². The minimum Gasteiger partial charge on any atom is -0.385 e. The third-order valence-electron chi connectivity index (χ3n) is 7.70. The molecule has 2 aromatic carbocycles. The molecule has 9 heteroatoms. The summed E-state index contributed by atoms with van der Waals surface area (Å²) in [4.78, 5) is 32.5. The molecule has 0 aliphatic carbocycles. The second-order valence-electron chi connectivity index (χ2n) is 10.6. The summed E-state index contributed by atoms with van der Waals surface area (Å²) in [5.74, 6) is 0.745. The summed E-state index contributed by atoms with van der Waals surface area (Å²) in [6.45, 7) is 2.85. The number of thiophene rings is 1. The fraction of sp³-hybridized carbons (Fsp3) is 0.387. The minimum atomic E-state index is -0.488. The average molecular weight is 560 g/mol. The Morgan fingerprint density at radius 1 is 1.18 bits per heavy atom. The van der Waals surface area contributed by atoms with Crippen molar-refractivity contribution in [3.63, 3.8) is 0 Å². The van der Waals surface area contributed by atoms with Crippen LogP contribution in [0.4, 0.5) is 0 Å². The first kappa shape index (κ1) is 28.0. The van der Waals surface area contributed by atoms with E-state index in [2.05, 4.69) is 16.0 Å². The van der Waals surface area contributed by atoms with Crippen LogP contribution in [0.5, 0.6) is 0 Å². The van der Waals surface area contributed by atoms with E-state index in [1.807, 2.05) is 46.7 Å². The Balaban J connectivity index is 1.28. The molecule has 0 saturated carbocycles. The molecule has 0 bridgehead atoms. The quantitative estimate of drug-likeness (QED) is 0.261. The number of piperidine rings is 1. The highest BCUT2D eigenvalue weighted by molar-refractivity contribution is 7.08. The first-order chi connectivity index (χ1) is 19.4. The Labute approximate surface area is 238 Å². The second-order valence-corrected chi connectivity index (χ2v) is 11.3. The van der Waals surface area contributed by atoms with Crippen molar-refractivity contribution in [3.05, 3.63) is 76.2 Å². The van der Waals surface area contributed by atoms with Crippen LogP contribution >= 0.6 is 11.3 Å². The number of amides is 2. The number of ether oxygens (including phenoxy) is 1. The number of hydrogen-bond donors (Lipinski definition) is 2. The van der Waals surface area contributed by atoms with Gasteiger partial charge in [0.2, 0.25) is 11.8 Å².